The predicted molar refractivity (Wildman–Crippen MR) is 170 cm³/mol. The highest BCUT2D eigenvalue weighted by Crippen LogP contribution is 2.29. The molecular weight excluding hydrogens is 502 g/mol. The van der Waals surface area contributed by atoms with Gasteiger partial charge in [-0.05, 0) is 49.5 Å². The number of anilines is 3. The summed E-state index contributed by atoms with van der Waals surface area (Å²) >= 11 is 0. The highest BCUT2D eigenvalue weighted by atomic mass is 16.5. The van der Waals surface area contributed by atoms with E-state index in [-0.39, 0.29) is 26.8 Å². The molecule has 0 bridgehead atoms. The molecule has 0 fully saturated rings. The van der Waals surface area contributed by atoms with Gasteiger partial charge in [0.05, 0.1) is 24.0 Å². The Bertz CT molecular complexity index is 1110. The third-order valence-corrected chi connectivity index (χ3v) is 5.96. The number of nitrogens with one attached hydrogen (secondary N) is 1. The number of hydrogen-bond acceptors (Lipinski definition) is 6. The largest absolute Gasteiger partial charge is 0.374 e. The smallest absolute Gasteiger partial charge is 0.262 e. The Morgan fingerprint density at radius 2 is 1.95 bits per heavy atom. The minimum absolute atomic E-state index is 0. The molecule has 2 aromatic rings. The molecule has 0 saturated carbocycles. The van der Waals surface area contributed by atoms with E-state index in [0.717, 1.165) is 35.7 Å². The molecule has 1 aromatic carbocycles. The summed E-state index contributed by atoms with van der Waals surface area (Å²) < 4.78 is 6.00. The van der Waals surface area contributed by atoms with Gasteiger partial charge in [-0.2, -0.15) is 0 Å². The Hall–Kier alpha value is -3.39. The van der Waals surface area contributed by atoms with E-state index in [1.54, 1.807) is 23.0 Å². The van der Waals surface area contributed by atoms with Crippen LogP contribution < -0.4 is 15.1 Å². The summed E-state index contributed by atoms with van der Waals surface area (Å²) in [6.07, 6.45) is 3.69. The molecule has 2 heterocycles. The Balaban J connectivity index is 0.00000210. The van der Waals surface area contributed by atoms with Crippen molar-refractivity contribution in [3.8, 4) is 0 Å². The highest BCUT2D eigenvalue weighted by molar-refractivity contribution is 6.10. The van der Waals surface area contributed by atoms with Gasteiger partial charge < -0.3 is 24.8 Å². The molecule has 1 atom stereocenters. The van der Waals surface area contributed by atoms with Crippen molar-refractivity contribution >= 4 is 29.0 Å². The fraction of sp³-hybridized carbons (Fsp3) is 0.531. The van der Waals surface area contributed by atoms with E-state index in [4.69, 9.17) is 4.74 Å². The molecule has 40 heavy (non-hydrogen) atoms. The molecular formula is C32H53N5O3. The molecule has 2 amide bonds. The van der Waals surface area contributed by atoms with E-state index >= 15 is 0 Å². The van der Waals surface area contributed by atoms with E-state index in [0.29, 0.717) is 37.2 Å². The predicted octanol–water partition coefficient (Wildman–Crippen LogP) is 6.48. The van der Waals surface area contributed by atoms with Gasteiger partial charge in [-0.1, -0.05) is 53.8 Å². The Labute approximate surface area is 243 Å². The van der Waals surface area contributed by atoms with Crippen molar-refractivity contribution in [3.05, 3.63) is 60.3 Å². The van der Waals surface area contributed by atoms with Gasteiger partial charge in [0.25, 0.3) is 5.91 Å². The van der Waals surface area contributed by atoms with Crippen molar-refractivity contribution < 1.29 is 15.8 Å². The average Bonchev–Trinajstić information content (AvgIpc) is 3.00. The van der Waals surface area contributed by atoms with Gasteiger partial charge in [-0.15, -0.1) is 0 Å². The molecule has 8 nitrogen and oxygen atoms in total. The van der Waals surface area contributed by atoms with Gasteiger partial charge in [0.15, 0.2) is 0 Å². The second kappa shape index (κ2) is 16.0. The van der Waals surface area contributed by atoms with Gasteiger partial charge in [0.1, 0.15) is 5.82 Å². The number of hydrogen-bond donors (Lipinski definition) is 1. The van der Waals surface area contributed by atoms with Crippen LogP contribution in [0, 0.1) is 5.41 Å². The van der Waals surface area contributed by atoms with Crippen molar-refractivity contribution in [2.24, 2.45) is 5.41 Å². The van der Waals surface area contributed by atoms with E-state index in [1.165, 1.54) is 6.08 Å². The number of likely N-dealkylation sites (N-methyl/N-ethyl adjacent to an activating group) is 2. The lowest BCUT2D eigenvalue weighted by atomic mass is 10.0. The number of ether oxygens (including phenoxy) is 1. The van der Waals surface area contributed by atoms with Crippen LogP contribution in [0.3, 0.4) is 0 Å². The average molecular weight is 556 g/mol. The van der Waals surface area contributed by atoms with Gasteiger partial charge in [-0.3, -0.25) is 9.59 Å². The van der Waals surface area contributed by atoms with Crippen LogP contribution in [0.2, 0.25) is 0 Å². The third-order valence-electron chi connectivity index (χ3n) is 5.96. The zero-order chi connectivity index (χ0) is 29.2. The Morgan fingerprint density at radius 1 is 1.27 bits per heavy atom. The van der Waals surface area contributed by atoms with Crippen LogP contribution in [0.1, 0.15) is 72.7 Å². The summed E-state index contributed by atoms with van der Waals surface area (Å²) in [6, 6.07) is 9.84. The summed E-state index contributed by atoms with van der Waals surface area (Å²) in [7, 11) is 3.75. The standard InChI is InChI=1S/C26H35N5O3.C5H12.CH4.H2/c1-6-25(32)30(5)12-11-19(3)34-18-20-9-8-10-21(15-20)31-14-13-29(4)23-16-24(27-7-2)28-17-22(23)26(31)33;1-5(2,3)4;;/h6,8-10,15-17,19H,1,7,11-14,18H2,2-5H3,(H,27,28);1-4H3;1H4;1H. The highest BCUT2D eigenvalue weighted by Gasteiger charge is 2.27. The fourth-order valence-electron chi connectivity index (χ4n) is 3.84. The molecule has 1 aliphatic rings. The van der Waals surface area contributed by atoms with Crippen LogP contribution in [0.5, 0.6) is 0 Å². The monoisotopic (exact) mass is 555 g/mol. The van der Waals surface area contributed by atoms with Gasteiger partial charge >= 0.3 is 0 Å². The van der Waals surface area contributed by atoms with Crippen molar-refractivity contribution in [3.63, 3.8) is 0 Å². The maximum atomic E-state index is 13.4. The van der Waals surface area contributed by atoms with Gasteiger partial charge in [0, 0.05) is 59.7 Å². The number of aromatic nitrogens is 1. The first-order chi connectivity index (χ1) is 18.3. The van der Waals surface area contributed by atoms with Crippen LogP contribution in [-0.4, -0.2) is 68.1 Å². The molecule has 1 N–H and O–H groups in total. The number of fused-ring (bicyclic) bond motifs is 1. The van der Waals surface area contributed by atoms with Crippen LogP contribution in [0.4, 0.5) is 17.2 Å². The zero-order valence-electron chi connectivity index (χ0n) is 25.1. The van der Waals surface area contributed by atoms with Crippen LogP contribution in [0.25, 0.3) is 0 Å². The molecule has 1 aromatic heterocycles. The minimum atomic E-state index is -0.0951. The van der Waals surface area contributed by atoms with Gasteiger partial charge in [-0.25, -0.2) is 4.98 Å². The molecule has 1 aliphatic heterocycles. The van der Waals surface area contributed by atoms with E-state index in [9.17, 15) is 9.59 Å². The first kappa shape index (κ1) is 34.6. The molecule has 1 unspecified atom stereocenters. The number of carbonyl (C=O) groups excluding carboxylic acids is 2. The second-order valence-electron chi connectivity index (χ2n) is 11.5. The quantitative estimate of drug-likeness (QED) is 0.338. The molecule has 3 rings (SSSR count). The molecule has 0 radical (unpaired) electrons. The molecule has 224 valence electrons. The van der Waals surface area contributed by atoms with Crippen molar-refractivity contribution in [2.45, 2.75) is 68.1 Å². The van der Waals surface area contributed by atoms with E-state index < -0.39 is 0 Å². The fourth-order valence-corrected chi connectivity index (χ4v) is 3.84. The zero-order valence-corrected chi connectivity index (χ0v) is 25.1. The first-order valence-corrected chi connectivity index (χ1v) is 13.7. The molecule has 8 heteroatoms. The lowest BCUT2D eigenvalue weighted by Crippen LogP contribution is -2.33. The third kappa shape index (κ3) is 11.0. The number of pyridine rings is 1. The van der Waals surface area contributed by atoms with E-state index in [1.807, 2.05) is 51.2 Å². The summed E-state index contributed by atoms with van der Waals surface area (Å²) in [5.74, 6) is 0.612. The van der Waals surface area contributed by atoms with E-state index in [2.05, 4.69) is 49.5 Å². The molecule has 0 aliphatic carbocycles. The van der Waals surface area contributed by atoms with Crippen molar-refractivity contribution in [1.82, 2.24) is 9.88 Å². The summed E-state index contributed by atoms with van der Waals surface area (Å²) in [5, 5.41) is 3.21. The molecule has 0 saturated heterocycles. The second-order valence-corrected chi connectivity index (χ2v) is 11.5. The van der Waals surface area contributed by atoms with Crippen molar-refractivity contribution in [1.29, 1.82) is 0 Å². The normalized spacial score (nSPS) is 13.7. The topological polar surface area (TPSA) is 78.0 Å². The number of nitrogens with zero attached hydrogens (tertiary/aromatic N) is 4. The maximum Gasteiger partial charge on any atom is 0.262 e. The number of amides is 2. The lowest BCUT2D eigenvalue weighted by Gasteiger charge is -2.22. The number of carbonyl (C=O) groups is 2. The maximum absolute atomic E-state index is 13.4. The van der Waals surface area contributed by atoms with Crippen LogP contribution in [0.15, 0.2) is 49.2 Å². The minimum Gasteiger partial charge on any atom is -0.374 e. The lowest BCUT2D eigenvalue weighted by molar-refractivity contribution is -0.125. The first-order valence-electron chi connectivity index (χ1n) is 13.7. The van der Waals surface area contributed by atoms with Crippen molar-refractivity contribution in [2.75, 3.05) is 55.4 Å². The summed E-state index contributed by atoms with van der Waals surface area (Å²) in [6.45, 7) is 19.4. The Morgan fingerprint density at radius 3 is 2.58 bits per heavy atom. The van der Waals surface area contributed by atoms with Crippen LogP contribution in [-0.2, 0) is 16.1 Å². The summed E-state index contributed by atoms with van der Waals surface area (Å²) in [4.78, 5) is 35.0. The molecule has 0 spiro atoms. The van der Waals surface area contributed by atoms with Gasteiger partial charge in [0.2, 0.25) is 5.91 Å². The van der Waals surface area contributed by atoms with Crippen LogP contribution >= 0.6 is 0 Å². The summed E-state index contributed by atoms with van der Waals surface area (Å²) in [5.41, 5.74) is 3.81. The number of rotatable bonds is 10. The number of benzene rings is 1. The Kier molecular flexibility index (Phi) is 13.9. The SMILES string of the molecule is C.C=CC(=O)N(C)CCC(C)OCc1cccc(N2CCN(C)c3cc(NCC)ncc3C2=O)c1.CC(C)(C)C.[HH].